The number of benzene rings is 1. The van der Waals surface area contributed by atoms with Gasteiger partial charge < -0.3 is 9.73 Å². The van der Waals surface area contributed by atoms with Crippen LogP contribution in [0.25, 0.3) is 0 Å². The zero-order valence-corrected chi connectivity index (χ0v) is 14.2. The molecular weight excluding hydrogens is 337 g/mol. The summed E-state index contributed by atoms with van der Waals surface area (Å²) in [6.45, 7) is 0.367. The number of nitrogens with zero attached hydrogens (tertiary/aromatic N) is 2. The van der Waals surface area contributed by atoms with E-state index in [1.54, 1.807) is 24.5 Å². The van der Waals surface area contributed by atoms with Crippen molar-refractivity contribution in [1.29, 1.82) is 0 Å². The fourth-order valence-corrected chi connectivity index (χ4v) is 2.70. The third-order valence-corrected chi connectivity index (χ3v) is 4.07. The maximum atomic E-state index is 13.2. The second kappa shape index (κ2) is 7.77. The first-order valence-corrected chi connectivity index (χ1v) is 8.16. The lowest BCUT2D eigenvalue weighted by Crippen LogP contribution is -2.29. The van der Waals surface area contributed by atoms with Crippen molar-refractivity contribution < 1.29 is 13.6 Å². The van der Waals surface area contributed by atoms with Crippen molar-refractivity contribution >= 4 is 5.91 Å². The minimum Gasteiger partial charge on any atom is -0.469 e. The summed E-state index contributed by atoms with van der Waals surface area (Å²) in [6.07, 6.45) is 2.15. The summed E-state index contributed by atoms with van der Waals surface area (Å²) in [7, 11) is 1.49. The Kier molecular flexibility index (Phi) is 5.26. The fourth-order valence-electron chi connectivity index (χ4n) is 2.70. The van der Waals surface area contributed by atoms with Crippen LogP contribution in [0.3, 0.4) is 0 Å². The Labute approximate surface area is 149 Å². The van der Waals surface area contributed by atoms with Crippen molar-refractivity contribution in [3.63, 3.8) is 0 Å². The van der Waals surface area contributed by atoms with Gasteiger partial charge in [-0.3, -0.25) is 9.59 Å². The van der Waals surface area contributed by atoms with Gasteiger partial charge in [0.2, 0.25) is 0 Å². The topological polar surface area (TPSA) is 77.1 Å². The van der Waals surface area contributed by atoms with Gasteiger partial charge in [0, 0.05) is 25.6 Å². The van der Waals surface area contributed by atoms with Crippen LogP contribution < -0.4 is 10.9 Å². The van der Waals surface area contributed by atoms with Gasteiger partial charge in [0.05, 0.1) is 6.26 Å². The molecule has 26 heavy (non-hydrogen) atoms. The zero-order chi connectivity index (χ0) is 18.5. The van der Waals surface area contributed by atoms with Crippen LogP contribution in [0.4, 0.5) is 4.39 Å². The highest BCUT2D eigenvalue weighted by Gasteiger charge is 2.18. The molecule has 3 rings (SSSR count). The van der Waals surface area contributed by atoms with Crippen LogP contribution in [0.2, 0.25) is 0 Å². The SMILES string of the molecule is Cn1nc(C(=O)NCC[C@@H](c2ccc(F)cc2)c2ccco2)ccc1=O. The molecule has 1 aromatic carbocycles. The van der Waals surface area contributed by atoms with E-state index < -0.39 is 0 Å². The standard InChI is InChI=1S/C19H18FN3O3/c1-23-18(24)9-8-16(22-23)19(25)21-11-10-15(17-3-2-12-26-17)13-4-6-14(20)7-5-13/h2-9,12,15H,10-11H2,1H3,(H,21,25)/t15-/m0/s1. The van der Waals surface area contributed by atoms with Crippen LogP contribution in [-0.4, -0.2) is 22.2 Å². The molecule has 0 bridgehead atoms. The lowest BCUT2D eigenvalue weighted by atomic mass is 9.93. The number of aromatic nitrogens is 2. The van der Waals surface area contributed by atoms with Crippen LogP contribution in [0.1, 0.15) is 34.2 Å². The second-order valence-corrected chi connectivity index (χ2v) is 5.84. The highest BCUT2D eigenvalue weighted by atomic mass is 19.1. The first kappa shape index (κ1) is 17.6. The first-order valence-electron chi connectivity index (χ1n) is 8.16. The van der Waals surface area contributed by atoms with Crippen LogP contribution >= 0.6 is 0 Å². The maximum absolute atomic E-state index is 13.2. The molecule has 7 heteroatoms. The van der Waals surface area contributed by atoms with E-state index in [2.05, 4.69) is 10.4 Å². The van der Waals surface area contributed by atoms with Gasteiger partial charge >= 0.3 is 0 Å². The molecule has 0 unspecified atom stereocenters. The molecule has 1 amide bonds. The van der Waals surface area contributed by atoms with Crippen molar-refractivity contribution in [2.45, 2.75) is 12.3 Å². The van der Waals surface area contributed by atoms with E-state index in [4.69, 9.17) is 4.42 Å². The van der Waals surface area contributed by atoms with Crippen molar-refractivity contribution in [3.8, 4) is 0 Å². The predicted octanol–water partition coefficient (Wildman–Crippen LogP) is 2.46. The molecular formula is C19H18FN3O3. The maximum Gasteiger partial charge on any atom is 0.271 e. The minimum absolute atomic E-state index is 0.112. The van der Waals surface area contributed by atoms with Crippen LogP contribution in [0, 0.1) is 5.82 Å². The van der Waals surface area contributed by atoms with E-state index in [1.807, 2.05) is 6.07 Å². The summed E-state index contributed by atoms with van der Waals surface area (Å²) in [5.41, 5.74) is 0.787. The second-order valence-electron chi connectivity index (χ2n) is 5.84. The molecule has 0 saturated carbocycles. The number of carbonyl (C=O) groups is 1. The molecule has 0 saturated heterocycles. The van der Waals surface area contributed by atoms with Gasteiger partial charge in [0.1, 0.15) is 17.3 Å². The Bertz CT molecular complexity index is 933. The Morgan fingerprint density at radius 3 is 2.65 bits per heavy atom. The number of carbonyl (C=O) groups excluding carboxylic acids is 1. The van der Waals surface area contributed by atoms with Crippen molar-refractivity contribution in [2.75, 3.05) is 6.54 Å². The zero-order valence-electron chi connectivity index (χ0n) is 14.2. The molecule has 3 aromatic rings. The first-order chi connectivity index (χ1) is 12.5. The van der Waals surface area contributed by atoms with Crippen LogP contribution in [0.5, 0.6) is 0 Å². The normalized spacial score (nSPS) is 11.9. The summed E-state index contributed by atoms with van der Waals surface area (Å²) >= 11 is 0. The average Bonchev–Trinajstić information content (AvgIpc) is 3.16. The van der Waals surface area contributed by atoms with Crippen molar-refractivity contribution in [3.05, 3.63) is 88.0 Å². The van der Waals surface area contributed by atoms with E-state index in [9.17, 15) is 14.0 Å². The van der Waals surface area contributed by atoms with Gasteiger partial charge in [-0.25, -0.2) is 9.07 Å². The summed E-state index contributed by atoms with van der Waals surface area (Å²) in [6, 6.07) is 12.5. The van der Waals surface area contributed by atoms with Gasteiger partial charge in [-0.05, 0) is 42.3 Å². The third kappa shape index (κ3) is 4.05. The van der Waals surface area contributed by atoms with E-state index in [-0.39, 0.29) is 28.9 Å². The molecule has 2 heterocycles. The van der Waals surface area contributed by atoms with Gasteiger partial charge in [-0.15, -0.1) is 0 Å². The Hall–Kier alpha value is -3.22. The van der Waals surface area contributed by atoms with E-state index in [1.165, 1.54) is 31.3 Å². The van der Waals surface area contributed by atoms with Crippen LogP contribution in [-0.2, 0) is 7.05 Å². The summed E-state index contributed by atoms with van der Waals surface area (Å²) in [4.78, 5) is 23.5. The van der Waals surface area contributed by atoms with E-state index in [0.717, 1.165) is 16.0 Å². The Morgan fingerprint density at radius 2 is 2.00 bits per heavy atom. The van der Waals surface area contributed by atoms with Crippen molar-refractivity contribution in [2.24, 2.45) is 7.05 Å². The summed E-state index contributed by atoms with van der Waals surface area (Å²) in [5, 5.41) is 6.71. The van der Waals surface area contributed by atoms with E-state index in [0.29, 0.717) is 13.0 Å². The van der Waals surface area contributed by atoms with Gasteiger partial charge in [0.25, 0.3) is 11.5 Å². The number of hydrogen-bond acceptors (Lipinski definition) is 4. The number of aryl methyl sites for hydroxylation is 1. The largest absolute Gasteiger partial charge is 0.469 e. The molecule has 0 spiro atoms. The summed E-state index contributed by atoms with van der Waals surface area (Å²) in [5.74, 6) is -0.0380. The molecule has 0 aliphatic heterocycles. The smallest absolute Gasteiger partial charge is 0.271 e. The Morgan fingerprint density at radius 1 is 1.23 bits per heavy atom. The molecule has 2 aromatic heterocycles. The quantitative estimate of drug-likeness (QED) is 0.737. The van der Waals surface area contributed by atoms with Gasteiger partial charge in [0.15, 0.2) is 0 Å². The van der Waals surface area contributed by atoms with Crippen molar-refractivity contribution in [1.82, 2.24) is 15.1 Å². The van der Waals surface area contributed by atoms with Gasteiger partial charge in [-0.1, -0.05) is 12.1 Å². The molecule has 0 radical (unpaired) electrons. The number of furan rings is 1. The molecule has 0 fully saturated rings. The van der Waals surface area contributed by atoms with E-state index >= 15 is 0 Å². The molecule has 6 nitrogen and oxygen atoms in total. The summed E-state index contributed by atoms with van der Waals surface area (Å²) < 4.78 is 19.8. The number of halogens is 1. The minimum atomic E-state index is -0.363. The lowest BCUT2D eigenvalue weighted by molar-refractivity contribution is 0.0945. The van der Waals surface area contributed by atoms with Crippen LogP contribution in [0.15, 0.2) is 64.0 Å². The molecule has 1 atom stereocenters. The number of rotatable bonds is 6. The Balaban J connectivity index is 1.68. The highest BCUT2D eigenvalue weighted by molar-refractivity contribution is 5.91. The number of nitrogens with one attached hydrogen (secondary N) is 1. The highest BCUT2D eigenvalue weighted by Crippen LogP contribution is 2.28. The molecule has 1 N–H and O–H groups in total. The predicted molar refractivity (Wildman–Crippen MR) is 93.4 cm³/mol. The van der Waals surface area contributed by atoms with Gasteiger partial charge in [-0.2, -0.15) is 5.10 Å². The number of amides is 1. The third-order valence-electron chi connectivity index (χ3n) is 4.07. The number of hydrogen-bond donors (Lipinski definition) is 1. The molecule has 0 aliphatic carbocycles. The average molecular weight is 355 g/mol. The monoisotopic (exact) mass is 355 g/mol. The molecule has 134 valence electrons. The lowest BCUT2D eigenvalue weighted by Gasteiger charge is -2.15. The molecule has 0 aliphatic rings. The fraction of sp³-hybridized carbons (Fsp3) is 0.211.